The van der Waals surface area contributed by atoms with Gasteiger partial charge in [-0.1, -0.05) is 6.07 Å². The maximum Gasteiger partial charge on any atom is 0.103 e. The molecule has 5 nitrogen and oxygen atoms in total. The van der Waals surface area contributed by atoms with E-state index in [2.05, 4.69) is 26.2 Å². The maximum atomic E-state index is 10.4. The summed E-state index contributed by atoms with van der Waals surface area (Å²) in [6.45, 7) is 3.43. The molecular formula is C16H22BrN3O2. The SMILES string of the molecule is Cc1ccc2c(ncn2CC(O)C[C@H]2NCCC[C@@H]2O)c1Br. The molecule has 1 fully saturated rings. The number of benzene rings is 1. The second kappa shape index (κ2) is 6.66. The highest BCUT2D eigenvalue weighted by Crippen LogP contribution is 2.26. The number of rotatable bonds is 4. The molecule has 0 bridgehead atoms. The van der Waals surface area contributed by atoms with Gasteiger partial charge in [-0.15, -0.1) is 0 Å². The molecular weight excluding hydrogens is 346 g/mol. The predicted octanol–water partition coefficient (Wildman–Crippen LogP) is 1.97. The van der Waals surface area contributed by atoms with Crippen molar-refractivity contribution < 1.29 is 10.2 Å². The van der Waals surface area contributed by atoms with Gasteiger partial charge in [0.1, 0.15) is 5.52 Å². The number of hydrogen-bond donors (Lipinski definition) is 3. The van der Waals surface area contributed by atoms with Crippen LogP contribution in [0.3, 0.4) is 0 Å². The summed E-state index contributed by atoms with van der Waals surface area (Å²) in [5.41, 5.74) is 3.07. The van der Waals surface area contributed by atoms with Crippen LogP contribution in [-0.2, 0) is 6.54 Å². The standard InChI is InChI=1S/C16H22BrN3O2/c1-10-4-5-13-16(15(10)17)19-9-20(13)8-11(21)7-12-14(22)3-2-6-18-12/h4-5,9,11-12,14,18,21-22H,2-3,6-8H2,1H3/t11?,12-,14+/m1/s1. The normalized spacial score (nSPS) is 23.8. The highest BCUT2D eigenvalue weighted by Gasteiger charge is 2.25. The molecule has 120 valence electrons. The van der Waals surface area contributed by atoms with Crippen molar-refractivity contribution in [2.45, 2.75) is 51.0 Å². The van der Waals surface area contributed by atoms with Crippen molar-refractivity contribution >= 4 is 27.0 Å². The third-order valence-corrected chi connectivity index (χ3v) is 5.41. The minimum Gasteiger partial charge on any atom is -0.392 e. The van der Waals surface area contributed by atoms with Gasteiger partial charge in [-0.2, -0.15) is 0 Å². The average molecular weight is 368 g/mol. The summed E-state index contributed by atoms with van der Waals surface area (Å²) in [5.74, 6) is 0. The van der Waals surface area contributed by atoms with Crippen LogP contribution in [0.4, 0.5) is 0 Å². The molecule has 0 spiro atoms. The van der Waals surface area contributed by atoms with Gasteiger partial charge in [0.05, 0.1) is 30.6 Å². The molecule has 2 heterocycles. The molecule has 1 saturated heterocycles. The van der Waals surface area contributed by atoms with E-state index in [1.165, 1.54) is 0 Å². The van der Waals surface area contributed by atoms with Gasteiger partial charge in [-0.3, -0.25) is 0 Å². The Balaban J connectivity index is 1.71. The van der Waals surface area contributed by atoms with Crippen molar-refractivity contribution in [1.82, 2.24) is 14.9 Å². The molecule has 1 aliphatic heterocycles. The molecule has 1 unspecified atom stereocenters. The summed E-state index contributed by atoms with van der Waals surface area (Å²) in [6, 6.07) is 4.05. The summed E-state index contributed by atoms with van der Waals surface area (Å²) in [5, 5.41) is 23.6. The maximum absolute atomic E-state index is 10.4. The Morgan fingerprint density at radius 3 is 3.09 bits per heavy atom. The summed E-state index contributed by atoms with van der Waals surface area (Å²) < 4.78 is 2.97. The smallest absolute Gasteiger partial charge is 0.103 e. The Bertz CT molecular complexity index is 658. The number of nitrogens with zero attached hydrogens (tertiary/aromatic N) is 2. The lowest BCUT2D eigenvalue weighted by atomic mass is 9.96. The number of aromatic nitrogens is 2. The number of aryl methyl sites for hydroxylation is 1. The lowest BCUT2D eigenvalue weighted by molar-refractivity contribution is 0.0547. The molecule has 3 rings (SSSR count). The van der Waals surface area contributed by atoms with Crippen LogP contribution in [0, 0.1) is 6.92 Å². The number of piperidine rings is 1. The van der Waals surface area contributed by atoms with Crippen LogP contribution >= 0.6 is 15.9 Å². The average Bonchev–Trinajstić information content (AvgIpc) is 2.89. The van der Waals surface area contributed by atoms with Crippen molar-refractivity contribution in [2.75, 3.05) is 6.54 Å². The van der Waals surface area contributed by atoms with E-state index in [1.54, 1.807) is 6.33 Å². The third-order valence-electron chi connectivity index (χ3n) is 4.40. The fourth-order valence-corrected chi connectivity index (χ4v) is 3.55. The van der Waals surface area contributed by atoms with Gasteiger partial charge in [0.2, 0.25) is 0 Å². The molecule has 3 atom stereocenters. The monoisotopic (exact) mass is 367 g/mol. The lowest BCUT2D eigenvalue weighted by Crippen LogP contribution is -2.46. The van der Waals surface area contributed by atoms with Crippen LogP contribution in [0.1, 0.15) is 24.8 Å². The molecule has 0 amide bonds. The van der Waals surface area contributed by atoms with Crippen molar-refractivity contribution in [3.05, 3.63) is 28.5 Å². The lowest BCUT2D eigenvalue weighted by Gasteiger charge is -2.30. The highest BCUT2D eigenvalue weighted by molar-refractivity contribution is 9.10. The van der Waals surface area contributed by atoms with E-state index in [-0.39, 0.29) is 12.1 Å². The van der Waals surface area contributed by atoms with Gasteiger partial charge in [0, 0.05) is 10.5 Å². The van der Waals surface area contributed by atoms with E-state index in [0.717, 1.165) is 40.5 Å². The molecule has 3 N–H and O–H groups in total. The number of imidazole rings is 1. The third kappa shape index (κ3) is 3.20. The van der Waals surface area contributed by atoms with Gasteiger partial charge < -0.3 is 20.1 Å². The zero-order valence-electron chi connectivity index (χ0n) is 12.7. The number of nitrogens with one attached hydrogen (secondary N) is 1. The second-order valence-electron chi connectivity index (χ2n) is 6.12. The first kappa shape index (κ1) is 15.9. The molecule has 0 radical (unpaired) electrons. The summed E-state index contributed by atoms with van der Waals surface area (Å²) >= 11 is 3.57. The Morgan fingerprint density at radius 2 is 2.32 bits per heavy atom. The van der Waals surface area contributed by atoms with Crippen molar-refractivity contribution in [1.29, 1.82) is 0 Å². The first-order valence-electron chi connectivity index (χ1n) is 7.75. The number of aliphatic hydroxyl groups is 2. The molecule has 1 aromatic carbocycles. The first-order valence-corrected chi connectivity index (χ1v) is 8.55. The fourth-order valence-electron chi connectivity index (χ4n) is 3.12. The molecule has 0 aliphatic carbocycles. The molecule has 0 saturated carbocycles. The number of aliphatic hydroxyl groups excluding tert-OH is 2. The van der Waals surface area contributed by atoms with Gasteiger partial charge in [-0.25, -0.2) is 4.98 Å². The molecule has 22 heavy (non-hydrogen) atoms. The van der Waals surface area contributed by atoms with E-state index in [1.807, 2.05) is 23.6 Å². The quantitative estimate of drug-likeness (QED) is 0.772. The zero-order valence-corrected chi connectivity index (χ0v) is 14.3. The Morgan fingerprint density at radius 1 is 1.50 bits per heavy atom. The first-order chi connectivity index (χ1) is 10.6. The van der Waals surface area contributed by atoms with E-state index < -0.39 is 6.10 Å². The van der Waals surface area contributed by atoms with Crippen LogP contribution in [0.15, 0.2) is 22.9 Å². The van der Waals surface area contributed by atoms with Crippen molar-refractivity contribution in [3.8, 4) is 0 Å². The van der Waals surface area contributed by atoms with E-state index in [4.69, 9.17) is 0 Å². The highest BCUT2D eigenvalue weighted by atomic mass is 79.9. The number of hydrogen-bond acceptors (Lipinski definition) is 4. The van der Waals surface area contributed by atoms with Crippen LogP contribution in [0.25, 0.3) is 11.0 Å². The second-order valence-corrected chi connectivity index (χ2v) is 6.91. The van der Waals surface area contributed by atoms with Gasteiger partial charge in [0.25, 0.3) is 0 Å². The van der Waals surface area contributed by atoms with Crippen LogP contribution < -0.4 is 5.32 Å². The molecule has 1 aliphatic rings. The Hall–Kier alpha value is -0.950. The van der Waals surface area contributed by atoms with E-state index in [9.17, 15) is 10.2 Å². The van der Waals surface area contributed by atoms with E-state index >= 15 is 0 Å². The number of fused-ring (bicyclic) bond motifs is 1. The minimum atomic E-state index is -0.511. The Kier molecular flexibility index (Phi) is 4.82. The minimum absolute atomic E-state index is 0.0208. The molecule has 6 heteroatoms. The van der Waals surface area contributed by atoms with Crippen LogP contribution in [-0.4, -0.2) is 44.6 Å². The van der Waals surface area contributed by atoms with E-state index in [0.29, 0.717) is 13.0 Å². The van der Waals surface area contributed by atoms with Gasteiger partial charge in [-0.05, 0) is 60.3 Å². The van der Waals surface area contributed by atoms with Gasteiger partial charge in [0.15, 0.2) is 0 Å². The summed E-state index contributed by atoms with van der Waals surface area (Å²) in [4.78, 5) is 4.43. The molecule has 2 aromatic rings. The Labute approximate surface area is 138 Å². The number of halogens is 1. The fraction of sp³-hybridized carbons (Fsp3) is 0.562. The van der Waals surface area contributed by atoms with Crippen molar-refractivity contribution in [3.63, 3.8) is 0 Å². The zero-order chi connectivity index (χ0) is 15.7. The largest absolute Gasteiger partial charge is 0.392 e. The summed E-state index contributed by atoms with van der Waals surface area (Å²) in [7, 11) is 0. The molecule has 1 aromatic heterocycles. The van der Waals surface area contributed by atoms with Crippen molar-refractivity contribution in [2.24, 2.45) is 0 Å². The van der Waals surface area contributed by atoms with Crippen LogP contribution in [0.2, 0.25) is 0 Å². The van der Waals surface area contributed by atoms with Gasteiger partial charge >= 0.3 is 0 Å². The topological polar surface area (TPSA) is 70.3 Å². The predicted molar refractivity (Wildman–Crippen MR) is 89.8 cm³/mol. The summed E-state index contributed by atoms with van der Waals surface area (Å²) in [6.07, 6.45) is 3.25. The van der Waals surface area contributed by atoms with Crippen LogP contribution in [0.5, 0.6) is 0 Å².